The van der Waals surface area contributed by atoms with Crippen molar-refractivity contribution in [1.82, 2.24) is 24.5 Å². The molecule has 7 nitrogen and oxygen atoms in total. The van der Waals surface area contributed by atoms with E-state index in [1.54, 1.807) is 13.3 Å². The van der Waals surface area contributed by atoms with Gasteiger partial charge >= 0.3 is 0 Å². The van der Waals surface area contributed by atoms with Crippen LogP contribution in [0.15, 0.2) is 55.2 Å². The van der Waals surface area contributed by atoms with Gasteiger partial charge in [0.05, 0.1) is 30.8 Å². The SMILES string of the molecule is COc1ccc2c(CCNc3nc(-c4cncc(F)c4)cc4c3ncn4C(C)C)c[nH]c2c1. The molecule has 5 rings (SSSR count). The van der Waals surface area contributed by atoms with E-state index in [1.165, 1.54) is 23.2 Å². The number of aromatic amines is 1. The van der Waals surface area contributed by atoms with Crippen LogP contribution in [0, 0.1) is 5.82 Å². The maximum Gasteiger partial charge on any atom is 0.154 e. The first-order valence-corrected chi connectivity index (χ1v) is 10.9. The van der Waals surface area contributed by atoms with Crippen LogP contribution >= 0.6 is 0 Å². The van der Waals surface area contributed by atoms with Gasteiger partial charge in [0.1, 0.15) is 17.1 Å². The second kappa shape index (κ2) is 8.54. The van der Waals surface area contributed by atoms with Crippen molar-refractivity contribution in [3.63, 3.8) is 0 Å². The molecule has 0 saturated carbocycles. The molecule has 0 spiro atoms. The molecule has 0 aliphatic rings. The number of hydrogen-bond acceptors (Lipinski definition) is 5. The van der Waals surface area contributed by atoms with Crippen LogP contribution < -0.4 is 10.1 Å². The molecule has 0 radical (unpaired) electrons. The lowest BCUT2D eigenvalue weighted by atomic mass is 10.1. The monoisotopic (exact) mass is 444 g/mol. The fourth-order valence-electron chi connectivity index (χ4n) is 4.08. The molecule has 0 aliphatic heterocycles. The van der Waals surface area contributed by atoms with Gasteiger partial charge in [-0.1, -0.05) is 0 Å². The van der Waals surface area contributed by atoms with Crippen LogP contribution in [0.1, 0.15) is 25.5 Å². The van der Waals surface area contributed by atoms with Crippen molar-refractivity contribution in [3.05, 3.63) is 66.6 Å². The Hall–Kier alpha value is -3.94. The lowest BCUT2D eigenvalue weighted by molar-refractivity contribution is 0.415. The van der Waals surface area contributed by atoms with Gasteiger partial charge in [-0.05, 0) is 50.1 Å². The predicted molar refractivity (Wildman–Crippen MR) is 128 cm³/mol. The molecule has 0 atom stereocenters. The van der Waals surface area contributed by atoms with Gasteiger partial charge in [0, 0.05) is 47.5 Å². The number of pyridine rings is 2. The van der Waals surface area contributed by atoms with Gasteiger partial charge in [-0.3, -0.25) is 4.98 Å². The Labute approximate surface area is 190 Å². The fourth-order valence-corrected chi connectivity index (χ4v) is 4.08. The highest BCUT2D eigenvalue weighted by Gasteiger charge is 2.15. The van der Waals surface area contributed by atoms with Crippen LogP contribution in [0.5, 0.6) is 5.75 Å². The summed E-state index contributed by atoms with van der Waals surface area (Å²) in [5, 5.41) is 4.62. The number of nitrogens with one attached hydrogen (secondary N) is 2. The van der Waals surface area contributed by atoms with E-state index in [9.17, 15) is 4.39 Å². The molecule has 0 saturated heterocycles. The van der Waals surface area contributed by atoms with Crippen LogP contribution in [0.3, 0.4) is 0 Å². The number of aromatic nitrogens is 5. The summed E-state index contributed by atoms with van der Waals surface area (Å²) in [5.74, 6) is 1.11. The number of fused-ring (bicyclic) bond motifs is 2. The molecule has 4 aromatic heterocycles. The Morgan fingerprint density at radius 1 is 1.18 bits per heavy atom. The first kappa shape index (κ1) is 20.9. The van der Waals surface area contributed by atoms with Crippen molar-refractivity contribution < 1.29 is 9.13 Å². The Morgan fingerprint density at radius 3 is 2.85 bits per heavy atom. The minimum Gasteiger partial charge on any atom is -0.497 e. The third-order valence-electron chi connectivity index (χ3n) is 5.78. The highest BCUT2D eigenvalue weighted by atomic mass is 19.1. The minimum absolute atomic E-state index is 0.229. The van der Waals surface area contributed by atoms with E-state index >= 15 is 0 Å². The number of imidazole rings is 1. The normalized spacial score (nSPS) is 11.5. The molecule has 0 amide bonds. The first-order chi connectivity index (χ1) is 16.0. The van der Waals surface area contributed by atoms with Gasteiger partial charge in [-0.25, -0.2) is 14.4 Å². The number of methoxy groups -OCH3 is 1. The van der Waals surface area contributed by atoms with Gasteiger partial charge in [-0.2, -0.15) is 0 Å². The quantitative estimate of drug-likeness (QED) is 0.353. The number of H-pyrrole nitrogens is 1. The van der Waals surface area contributed by atoms with E-state index in [1.807, 2.05) is 30.7 Å². The van der Waals surface area contributed by atoms with Gasteiger partial charge in [0.25, 0.3) is 0 Å². The largest absolute Gasteiger partial charge is 0.497 e. The predicted octanol–water partition coefficient (Wildman–Crippen LogP) is 5.36. The van der Waals surface area contributed by atoms with Crippen molar-refractivity contribution in [2.75, 3.05) is 19.0 Å². The molecule has 0 fully saturated rings. The summed E-state index contributed by atoms with van der Waals surface area (Å²) in [7, 11) is 1.66. The molecule has 2 N–H and O–H groups in total. The second-order valence-corrected chi connectivity index (χ2v) is 8.26. The van der Waals surface area contributed by atoms with E-state index in [2.05, 4.69) is 44.7 Å². The number of halogens is 1. The highest BCUT2D eigenvalue weighted by molar-refractivity contribution is 5.90. The molecule has 0 bridgehead atoms. The van der Waals surface area contributed by atoms with Crippen molar-refractivity contribution in [3.8, 4) is 17.0 Å². The van der Waals surface area contributed by atoms with E-state index in [4.69, 9.17) is 9.72 Å². The molecule has 8 heteroatoms. The van der Waals surface area contributed by atoms with Crippen LogP contribution in [0.25, 0.3) is 33.2 Å². The summed E-state index contributed by atoms with van der Waals surface area (Å²) in [4.78, 5) is 16.7. The van der Waals surface area contributed by atoms with E-state index in [-0.39, 0.29) is 6.04 Å². The van der Waals surface area contributed by atoms with E-state index in [0.717, 1.165) is 28.7 Å². The number of ether oxygens (including phenoxy) is 1. The fraction of sp³-hybridized carbons (Fsp3) is 0.240. The number of benzene rings is 1. The molecule has 0 aliphatic carbocycles. The minimum atomic E-state index is -0.391. The zero-order valence-corrected chi connectivity index (χ0v) is 18.8. The lowest BCUT2D eigenvalue weighted by Gasteiger charge is -2.12. The molecule has 4 heterocycles. The molecule has 0 unspecified atom stereocenters. The van der Waals surface area contributed by atoms with Crippen molar-refractivity contribution in [1.29, 1.82) is 0 Å². The second-order valence-electron chi connectivity index (χ2n) is 8.26. The average Bonchev–Trinajstić information content (AvgIpc) is 3.43. The van der Waals surface area contributed by atoms with Gasteiger partial charge < -0.3 is 19.6 Å². The smallest absolute Gasteiger partial charge is 0.154 e. The molecule has 5 aromatic rings. The first-order valence-electron chi connectivity index (χ1n) is 10.9. The molecule has 1 aromatic carbocycles. The van der Waals surface area contributed by atoms with Crippen molar-refractivity contribution in [2.24, 2.45) is 0 Å². The summed E-state index contributed by atoms with van der Waals surface area (Å²) in [6, 6.07) is 9.64. The van der Waals surface area contributed by atoms with Crippen LogP contribution in [-0.2, 0) is 6.42 Å². The zero-order chi connectivity index (χ0) is 22.9. The Kier molecular flexibility index (Phi) is 5.42. The summed E-state index contributed by atoms with van der Waals surface area (Å²) < 4.78 is 21.2. The number of hydrogen-bond donors (Lipinski definition) is 2. The maximum atomic E-state index is 13.8. The Bertz CT molecular complexity index is 1440. The standard InChI is InChI=1S/C25H25FN6O/c1-15(2)32-14-30-24-23(32)10-21(17-8-18(26)13-27-11-17)31-25(24)28-7-6-16-12-29-22-9-19(33-3)4-5-20(16)22/h4-5,8-15,29H,6-7H2,1-3H3,(H,28,31). The average molecular weight is 445 g/mol. The van der Waals surface area contributed by atoms with Crippen molar-refractivity contribution in [2.45, 2.75) is 26.3 Å². The number of nitrogens with zero attached hydrogens (tertiary/aromatic N) is 4. The third-order valence-corrected chi connectivity index (χ3v) is 5.78. The molecule has 168 valence electrons. The summed E-state index contributed by atoms with van der Waals surface area (Å²) in [6.45, 7) is 4.87. The third kappa shape index (κ3) is 4.00. The van der Waals surface area contributed by atoms with Crippen molar-refractivity contribution >= 4 is 27.8 Å². The number of anilines is 1. The maximum absolute atomic E-state index is 13.8. The molecular formula is C25H25FN6O. The summed E-state index contributed by atoms with van der Waals surface area (Å²) >= 11 is 0. The summed E-state index contributed by atoms with van der Waals surface area (Å²) in [6.07, 6.45) is 7.46. The topological polar surface area (TPSA) is 80.7 Å². The van der Waals surface area contributed by atoms with Gasteiger partial charge in [0.15, 0.2) is 5.82 Å². The van der Waals surface area contributed by atoms with Gasteiger partial charge in [-0.15, -0.1) is 0 Å². The molecule has 33 heavy (non-hydrogen) atoms. The molecular weight excluding hydrogens is 419 g/mol. The van der Waals surface area contributed by atoms with Crippen LogP contribution in [-0.4, -0.2) is 38.2 Å². The van der Waals surface area contributed by atoms with E-state index < -0.39 is 5.82 Å². The van der Waals surface area contributed by atoms with Gasteiger partial charge in [0.2, 0.25) is 0 Å². The number of rotatable bonds is 7. The van der Waals surface area contributed by atoms with Crippen LogP contribution in [0.4, 0.5) is 10.2 Å². The van der Waals surface area contributed by atoms with E-state index in [0.29, 0.717) is 23.6 Å². The highest BCUT2D eigenvalue weighted by Crippen LogP contribution is 2.29. The lowest BCUT2D eigenvalue weighted by Crippen LogP contribution is -2.08. The van der Waals surface area contributed by atoms with Crippen LogP contribution in [0.2, 0.25) is 0 Å². The zero-order valence-electron chi connectivity index (χ0n) is 18.8. The summed E-state index contributed by atoms with van der Waals surface area (Å²) in [5.41, 5.74) is 5.26. The Morgan fingerprint density at radius 2 is 2.06 bits per heavy atom. The Balaban J connectivity index is 1.46.